The maximum absolute atomic E-state index is 11.3. The van der Waals surface area contributed by atoms with Gasteiger partial charge in [0.2, 0.25) is 0 Å². The molecule has 16 heavy (non-hydrogen) atoms. The molecule has 0 amide bonds. The predicted molar refractivity (Wildman–Crippen MR) is 70.1 cm³/mol. The van der Waals surface area contributed by atoms with Gasteiger partial charge < -0.3 is 10.3 Å². The third-order valence-corrected chi connectivity index (χ3v) is 3.30. The number of halogens is 2. The predicted octanol–water partition coefficient (Wildman–Crippen LogP) is 2.60. The van der Waals surface area contributed by atoms with Gasteiger partial charge in [0.15, 0.2) is 0 Å². The third-order valence-electron chi connectivity index (χ3n) is 2.34. The van der Waals surface area contributed by atoms with Crippen molar-refractivity contribution >= 4 is 33.3 Å². The van der Waals surface area contributed by atoms with Crippen LogP contribution in [-0.2, 0) is 0 Å². The fourth-order valence-corrected chi connectivity index (χ4v) is 1.92. The molecule has 2 N–H and O–H groups in total. The van der Waals surface area contributed by atoms with Gasteiger partial charge in [-0.25, -0.2) is 4.98 Å². The molecule has 1 unspecified atom stereocenters. The Bertz CT molecular complexity index is 394. The molecule has 1 aromatic heterocycles. The normalized spacial score (nSPS) is 12.8. The maximum Gasteiger partial charge on any atom is 0.267 e. The quantitative estimate of drug-likeness (QED) is 0.822. The van der Waals surface area contributed by atoms with Crippen LogP contribution in [0.15, 0.2) is 15.6 Å². The second kappa shape index (κ2) is 6.25. The molecule has 1 atom stereocenters. The zero-order valence-electron chi connectivity index (χ0n) is 9.26. The van der Waals surface area contributed by atoms with Crippen molar-refractivity contribution in [2.75, 3.05) is 11.2 Å². The number of hydrogen-bond acceptors (Lipinski definition) is 3. The van der Waals surface area contributed by atoms with Gasteiger partial charge in [-0.1, -0.05) is 13.8 Å². The van der Waals surface area contributed by atoms with E-state index in [1.165, 1.54) is 6.33 Å². The molecule has 0 aliphatic carbocycles. The SMILES string of the molecule is CC(C)C(CCCl)Nc1nc[nH]c(=O)c1Br. The van der Waals surface area contributed by atoms with Crippen LogP contribution in [0.25, 0.3) is 0 Å². The van der Waals surface area contributed by atoms with Crippen LogP contribution in [0.3, 0.4) is 0 Å². The molecular weight excluding hydrogens is 293 g/mol. The zero-order chi connectivity index (χ0) is 12.1. The Hall–Kier alpha value is -0.550. The molecule has 1 aromatic rings. The molecular formula is C10H15BrClN3O. The molecule has 90 valence electrons. The van der Waals surface area contributed by atoms with Gasteiger partial charge in [-0.2, -0.15) is 0 Å². The zero-order valence-corrected chi connectivity index (χ0v) is 11.6. The minimum absolute atomic E-state index is 0.189. The summed E-state index contributed by atoms with van der Waals surface area (Å²) < 4.78 is 0.426. The number of hydrogen-bond donors (Lipinski definition) is 2. The minimum Gasteiger partial charge on any atom is -0.366 e. The largest absolute Gasteiger partial charge is 0.366 e. The van der Waals surface area contributed by atoms with E-state index in [9.17, 15) is 4.79 Å². The molecule has 0 aliphatic rings. The van der Waals surface area contributed by atoms with Gasteiger partial charge in [0.05, 0.1) is 6.33 Å². The lowest BCUT2D eigenvalue weighted by Gasteiger charge is -2.22. The number of alkyl halides is 1. The van der Waals surface area contributed by atoms with Crippen molar-refractivity contribution in [3.05, 3.63) is 21.2 Å². The van der Waals surface area contributed by atoms with Crippen LogP contribution >= 0.6 is 27.5 Å². The first-order valence-electron chi connectivity index (χ1n) is 5.12. The first-order chi connectivity index (χ1) is 7.56. The van der Waals surface area contributed by atoms with Gasteiger partial charge >= 0.3 is 0 Å². The van der Waals surface area contributed by atoms with Gasteiger partial charge in [0.1, 0.15) is 10.3 Å². The highest BCUT2D eigenvalue weighted by atomic mass is 79.9. The average Bonchev–Trinajstić information content (AvgIpc) is 2.23. The first-order valence-corrected chi connectivity index (χ1v) is 6.44. The van der Waals surface area contributed by atoms with Crippen molar-refractivity contribution in [3.63, 3.8) is 0 Å². The van der Waals surface area contributed by atoms with Crippen molar-refractivity contribution in [2.45, 2.75) is 26.3 Å². The molecule has 0 bridgehead atoms. The van der Waals surface area contributed by atoms with Crippen LogP contribution in [0.1, 0.15) is 20.3 Å². The Labute approximate surface area is 108 Å². The van der Waals surface area contributed by atoms with E-state index in [1.807, 2.05) is 0 Å². The fourth-order valence-electron chi connectivity index (χ4n) is 1.35. The number of H-pyrrole nitrogens is 1. The molecule has 0 aliphatic heterocycles. The lowest BCUT2D eigenvalue weighted by molar-refractivity contribution is 0.511. The molecule has 6 heteroatoms. The summed E-state index contributed by atoms with van der Waals surface area (Å²) in [6, 6.07) is 0.211. The lowest BCUT2D eigenvalue weighted by atomic mass is 10.0. The first kappa shape index (κ1) is 13.5. The summed E-state index contributed by atoms with van der Waals surface area (Å²) in [7, 11) is 0. The smallest absolute Gasteiger partial charge is 0.267 e. The standard InChI is InChI=1S/C10H15BrClN3O/c1-6(2)7(3-4-12)15-9-8(11)10(16)14-5-13-9/h5-7H,3-4H2,1-2H3,(H2,13,14,15,16). The average molecular weight is 309 g/mol. The van der Waals surface area contributed by atoms with Crippen molar-refractivity contribution in [3.8, 4) is 0 Å². The molecule has 0 fully saturated rings. The number of nitrogens with zero attached hydrogens (tertiary/aromatic N) is 1. The van der Waals surface area contributed by atoms with Gasteiger partial charge in [0, 0.05) is 11.9 Å². The summed E-state index contributed by atoms with van der Waals surface area (Å²) in [5.74, 6) is 1.57. The Balaban J connectivity index is 2.85. The Kier molecular flexibility index (Phi) is 5.28. The van der Waals surface area contributed by atoms with Gasteiger partial charge in [0.25, 0.3) is 5.56 Å². The Morgan fingerprint density at radius 2 is 2.31 bits per heavy atom. The molecule has 0 saturated carbocycles. The number of aromatic amines is 1. The molecule has 1 rings (SSSR count). The van der Waals surface area contributed by atoms with E-state index in [1.54, 1.807) is 0 Å². The van der Waals surface area contributed by atoms with E-state index >= 15 is 0 Å². The summed E-state index contributed by atoms with van der Waals surface area (Å²) in [4.78, 5) is 17.9. The topological polar surface area (TPSA) is 57.8 Å². The van der Waals surface area contributed by atoms with Gasteiger partial charge in [-0.05, 0) is 28.3 Å². The summed E-state index contributed by atoms with van der Waals surface area (Å²) in [5, 5.41) is 3.23. The Morgan fingerprint density at radius 3 is 2.88 bits per heavy atom. The van der Waals surface area contributed by atoms with Crippen molar-refractivity contribution in [2.24, 2.45) is 5.92 Å². The van der Waals surface area contributed by atoms with E-state index in [0.717, 1.165) is 6.42 Å². The monoisotopic (exact) mass is 307 g/mol. The summed E-state index contributed by atoms with van der Waals surface area (Å²) in [6.45, 7) is 4.20. The highest BCUT2D eigenvalue weighted by molar-refractivity contribution is 9.10. The van der Waals surface area contributed by atoms with Crippen molar-refractivity contribution in [1.29, 1.82) is 0 Å². The highest BCUT2D eigenvalue weighted by Crippen LogP contribution is 2.18. The second-order valence-electron chi connectivity index (χ2n) is 3.87. The highest BCUT2D eigenvalue weighted by Gasteiger charge is 2.15. The summed E-state index contributed by atoms with van der Waals surface area (Å²) in [6.07, 6.45) is 2.22. The van der Waals surface area contributed by atoms with Crippen LogP contribution in [0.5, 0.6) is 0 Å². The van der Waals surface area contributed by atoms with E-state index in [-0.39, 0.29) is 11.6 Å². The van der Waals surface area contributed by atoms with Crippen molar-refractivity contribution in [1.82, 2.24) is 9.97 Å². The van der Waals surface area contributed by atoms with Crippen LogP contribution < -0.4 is 10.9 Å². The molecule has 0 spiro atoms. The third kappa shape index (κ3) is 3.49. The second-order valence-corrected chi connectivity index (χ2v) is 5.04. The summed E-state index contributed by atoms with van der Waals surface area (Å²) >= 11 is 8.94. The van der Waals surface area contributed by atoms with Crippen LogP contribution in [0.2, 0.25) is 0 Å². The number of anilines is 1. The van der Waals surface area contributed by atoms with Crippen molar-refractivity contribution < 1.29 is 0 Å². The van der Waals surface area contributed by atoms with Crippen LogP contribution in [0.4, 0.5) is 5.82 Å². The van der Waals surface area contributed by atoms with Gasteiger partial charge in [-0.15, -0.1) is 11.6 Å². The lowest BCUT2D eigenvalue weighted by Crippen LogP contribution is -2.28. The minimum atomic E-state index is -0.189. The molecule has 0 aromatic carbocycles. The Morgan fingerprint density at radius 1 is 1.62 bits per heavy atom. The van der Waals surface area contributed by atoms with Crippen LogP contribution in [0, 0.1) is 5.92 Å². The fraction of sp³-hybridized carbons (Fsp3) is 0.600. The molecule has 0 radical (unpaired) electrons. The molecule has 1 heterocycles. The van der Waals surface area contributed by atoms with Crippen LogP contribution in [-0.4, -0.2) is 21.9 Å². The van der Waals surface area contributed by atoms with E-state index in [4.69, 9.17) is 11.6 Å². The molecule has 0 saturated heterocycles. The maximum atomic E-state index is 11.3. The number of aromatic nitrogens is 2. The van der Waals surface area contributed by atoms with E-state index in [0.29, 0.717) is 22.1 Å². The summed E-state index contributed by atoms with van der Waals surface area (Å²) in [5.41, 5.74) is -0.189. The number of nitrogens with one attached hydrogen (secondary N) is 2. The van der Waals surface area contributed by atoms with E-state index < -0.39 is 0 Å². The number of rotatable bonds is 5. The van der Waals surface area contributed by atoms with Gasteiger partial charge in [-0.3, -0.25) is 4.79 Å². The molecule has 4 nitrogen and oxygen atoms in total. The van der Waals surface area contributed by atoms with E-state index in [2.05, 4.69) is 45.1 Å².